The van der Waals surface area contributed by atoms with Crippen molar-refractivity contribution in [2.75, 3.05) is 26.8 Å². The Labute approximate surface area is 63.0 Å². The van der Waals surface area contributed by atoms with E-state index in [4.69, 9.17) is 4.74 Å². The molecule has 0 spiro atoms. The third-order valence-electron chi connectivity index (χ3n) is 2.06. The summed E-state index contributed by atoms with van der Waals surface area (Å²) in [6.45, 7) is 5.52. The van der Waals surface area contributed by atoms with Crippen LogP contribution >= 0.6 is 0 Å². The Bertz CT molecular complexity index is 93.3. The predicted molar refractivity (Wildman–Crippen MR) is 42.0 cm³/mol. The van der Waals surface area contributed by atoms with Gasteiger partial charge in [-0.2, -0.15) is 0 Å². The Morgan fingerprint density at radius 2 is 2.30 bits per heavy atom. The van der Waals surface area contributed by atoms with Gasteiger partial charge >= 0.3 is 0 Å². The number of hydrogen-bond acceptors (Lipinski definition) is 2. The molecule has 0 amide bonds. The fraction of sp³-hybridized carbons (Fsp3) is 1.00. The lowest BCUT2D eigenvalue weighted by Gasteiger charge is -2.26. The van der Waals surface area contributed by atoms with Gasteiger partial charge in [0.15, 0.2) is 0 Å². The van der Waals surface area contributed by atoms with Gasteiger partial charge in [0.25, 0.3) is 0 Å². The number of ether oxygens (including phenoxy) is 1. The number of piperidine rings is 1. The molecule has 1 aliphatic heterocycles. The van der Waals surface area contributed by atoms with E-state index in [9.17, 15) is 0 Å². The molecule has 0 aromatic carbocycles. The number of methoxy groups -OCH3 is 1. The third-order valence-corrected chi connectivity index (χ3v) is 2.06. The van der Waals surface area contributed by atoms with Gasteiger partial charge in [-0.3, -0.25) is 0 Å². The van der Waals surface area contributed by atoms with Crippen molar-refractivity contribution in [3.63, 3.8) is 0 Å². The first-order chi connectivity index (χ1) is 4.83. The van der Waals surface area contributed by atoms with Crippen molar-refractivity contribution in [3.05, 3.63) is 0 Å². The minimum Gasteiger partial charge on any atom is -0.384 e. The molecule has 2 unspecified atom stereocenters. The van der Waals surface area contributed by atoms with Crippen molar-refractivity contribution >= 4 is 0 Å². The van der Waals surface area contributed by atoms with Gasteiger partial charge in [0.2, 0.25) is 0 Å². The Balaban J connectivity index is 2.18. The van der Waals surface area contributed by atoms with E-state index >= 15 is 0 Å². The van der Waals surface area contributed by atoms with E-state index in [1.54, 1.807) is 7.11 Å². The van der Waals surface area contributed by atoms with Crippen LogP contribution in [0.4, 0.5) is 0 Å². The Kier molecular flexibility index (Phi) is 3.16. The third kappa shape index (κ3) is 2.27. The van der Waals surface area contributed by atoms with Crippen molar-refractivity contribution in [2.24, 2.45) is 11.8 Å². The molecule has 0 bridgehead atoms. The highest BCUT2D eigenvalue weighted by molar-refractivity contribution is 4.72. The summed E-state index contributed by atoms with van der Waals surface area (Å²) in [7, 11) is 1.78. The minimum absolute atomic E-state index is 0.744. The molecule has 2 heteroatoms. The number of hydrogen-bond donors (Lipinski definition) is 1. The highest BCUT2D eigenvalue weighted by Crippen LogP contribution is 2.15. The molecule has 60 valence electrons. The van der Waals surface area contributed by atoms with E-state index in [1.165, 1.54) is 13.0 Å². The standard InChI is InChI=1S/C8H17NO/c1-7-3-8(6-10-2)5-9-4-7/h7-9H,3-6H2,1-2H3. The molecule has 1 saturated heterocycles. The lowest BCUT2D eigenvalue weighted by atomic mass is 9.93. The molecule has 1 fully saturated rings. The van der Waals surface area contributed by atoms with Crippen molar-refractivity contribution < 1.29 is 4.74 Å². The second kappa shape index (κ2) is 3.94. The summed E-state index contributed by atoms with van der Waals surface area (Å²) in [6.07, 6.45) is 1.32. The predicted octanol–water partition coefficient (Wildman–Crippen LogP) is 0.878. The Hall–Kier alpha value is -0.0800. The molecule has 0 aromatic heterocycles. The van der Waals surface area contributed by atoms with Crippen LogP contribution in [0.25, 0.3) is 0 Å². The van der Waals surface area contributed by atoms with Crippen molar-refractivity contribution in [3.8, 4) is 0 Å². The monoisotopic (exact) mass is 143 g/mol. The minimum atomic E-state index is 0.744. The fourth-order valence-electron chi connectivity index (χ4n) is 1.63. The summed E-state index contributed by atoms with van der Waals surface area (Å²) in [6, 6.07) is 0. The molecule has 1 heterocycles. The van der Waals surface area contributed by atoms with Crippen molar-refractivity contribution in [2.45, 2.75) is 13.3 Å². The fourth-order valence-corrected chi connectivity index (χ4v) is 1.63. The first-order valence-electron chi connectivity index (χ1n) is 4.02. The van der Waals surface area contributed by atoms with Gasteiger partial charge in [-0.1, -0.05) is 6.92 Å². The molecule has 0 aromatic rings. The van der Waals surface area contributed by atoms with Gasteiger partial charge in [-0.05, 0) is 24.8 Å². The molecule has 1 N–H and O–H groups in total. The maximum atomic E-state index is 5.09. The quantitative estimate of drug-likeness (QED) is 0.619. The Morgan fingerprint density at radius 1 is 1.50 bits per heavy atom. The van der Waals surface area contributed by atoms with Crippen LogP contribution in [0.15, 0.2) is 0 Å². The van der Waals surface area contributed by atoms with Crippen LogP contribution in [-0.4, -0.2) is 26.8 Å². The van der Waals surface area contributed by atoms with Crippen LogP contribution in [0.3, 0.4) is 0 Å². The zero-order chi connectivity index (χ0) is 7.40. The van der Waals surface area contributed by atoms with Crippen LogP contribution in [0, 0.1) is 11.8 Å². The molecule has 0 saturated carbocycles. The van der Waals surface area contributed by atoms with Gasteiger partial charge in [0.05, 0.1) is 6.61 Å². The largest absolute Gasteiger partial charge is 0.384 e. The van der Waals surface area contributed by atoms with Crippen LogP contribution in [-0.2, 0) is 4.74 Å². The lowest BCUT2D eigenvalue weighted by Crippen LogP contribution is -2.36. The molecular weight excluding hydrogens is 126 g/mol. The normalized spacial score (nSPS) is 34.2. The van der Waals surface area contributed by atoms with Gasteiger partial charge < -0.3 is 10.1 Å². The first-order valence-corrected chi connectivity index (χ1v) is 4.02. The first kappa shape index (κ1) is 8.02. The number of nitrogens with one attached hydrogen (secondary N) is 1. The van der Waals surface area contributed by atoms with E-state index in [-0.39, 0.29) is 0 Å². The summed E-state index contributed by atoms with van der Waals surface area (Å²) < 4.78 is 5.09. The SMILES string of the molecule is COCC1CNCC(C)C1. The van der Waals surface area contributed by atoms with Crippen molar-refractivity contribution in [1.82, 2.24) is 5.32 Å². The average molecular weight is 143 g/mol. The van der Waals surface area contributed by atoms with E-state index in [0.29, 0.717) is 0 Å². The van der Waals surface area contributed by atoms with E-state index in [0.717, 1.165) is 25.0 Å². The summed E-state index contributed by atoms with van der Waals surface area (Å²) >= 11 is 0. The molecule has 1 aliphatic rings. The lowest BCUT2D eigenvalue weighted by molar-refractivity contribution is 0.125. The summed E-state index contributed by atoms with van der Waals surface area (Å²) in [4.78, 5) is 0. The summed E-state index contributed by atoms with van der Waals surface area (Å²) in [5.74, 6) is 1.57. The van der Waals surface area contributed by atoms with E-state index in [2.05, 4.69) is 12.2 Å². The molecule has 10 heavy (non-hydrogen) atoms. The van der Waals surface area contributed by atoms with Crippen LogP contribution in [0.5, 0.6) is 0 Å². The van der Waals surface area contributed by atoms with Gasteiger partial charge in [-0.25, -0.2) is 0 Å². The van der Waals surface area contributed by atoms with Gasteiger partial charge in [0.1, 0.15) is 0 Å². The maximum absolute atomic E-state index is 5.09. The average Bonchev–Trinajstić information content (AvgIpc) is 1.88. The number of rotatable bonds is 2. The maximum Gasteiger partial charge on any atom is 0.0502 e. The Morgan fingerprint density at radius 3 is 2.90 bits per heavy atom. The van der Waals surface area contributed by atoms with Crippen LogP contribution < -0.4 is 5.32 Å². The van der Waals surface area contributed by atoms with Crippen LogP contribution in [0.2, 0.25) is 0 Å². The summed E-state index contributed by atoms with van der Waals surface area (Å²) in [5.41, 5.74) is 0. The second-order valence-electron chi connectivity index (χ2n) is 3.32. The van der Waals surface area contributed by atoms with Gasteiger partial charge in [0, 0.05) is 13.7 Å². The molecule has 2 atom stereocenters. The molecule has 1 rings (SSSR count). The second-order valence-corrected chi connectivity index (χ2v) is 3.32. The van der Waals surface area contributed by atoms with Gasteiger partial charge in [-0.15, -0.1) is 0 Å². The molecule has 0 radical (unpaired) electrons. The highest BCUT2D eigenvalue weighted by atomic mass is 16.5. The molecule has 0 aliphatic carbocycles. The smallest absolute Gasteiger partial charge is 0.0502 e. The summed E-state index contributed by atoms with van der Waals surface area (Å²) in [5, 5.41) is 3.39. The van der Waals surface area contributed by atoms with E-state index in [1.807, 2.05) is 0 Å². The molecule has 2 nitrogen and oxygen atoms in total. The van der Waals surface area contributed by atoms with Crippen LogP contribution in [0.1, 0.15) is 13.3 Å². The van der Waals surface area contributed by atoms with Crippen molar-refractivity contribution in [1.29, 1.82) is 0 Å². The zero-order valence-electron chi connectivity index (χ0n) is 6.89. The molecular formula is C8H17NO. The van der Waals surface area contributed by atoms with E-state index < -0.39 is 0 Å². The topological polar surface area (TPSA) is 21.3 Å². The zero-order valence-corrected chi connectivity index (χ0v) is 6.89. The highest BCUT2D eigenvalue weighted by Gasteiger charge is 2.17.